The third-order valence-corrected chi connectivity index (χ3v) is 4.02. The van der Waals surface area contributed by atoms with Crippen LogP contribution in [-0.2, 0) is 15.0 Å². The summed E-state index contributed by atoms with van der Waals surface area (Å²) < 4.78 is 0. The van der Waals surface area contributed by atoms with E-state index in [-0.39, 0.29) is 5.41 Å². The van der Waals surface area contributed by atoms with Crippen LogP contribution in [0, 0.1) is 18.3 Å². The number of carbonyl (C=O) groups is 2. The first-order valence-electron chi connectivity index (χ1n) is 7.99. The highest BCUT2D eigenvalue weighted by atomic mass is 16.2. The third-order valence-electron chi connectivity index (χ3n) is 4.02. The van der Waals surface area contributed by atoms with Crippen molar-refractivity contribution in [2.45, 2.75) is 26.2 Å². The lowest BCUT2D eigenvalue weighted by atomic mass is 9.82. The van der Waals surface area contributed by atoms with Crippen LogP contribution in [0.3, 0.4) is 0 Å². The molecule has 0 saturated heterocycles. The Kier molecular flexibility index (Phi) is 5.56. The lowest BCUT2D eigenvalue weighted by molar-refractivity contribution is -0.136. The summed E-state index contributed by atoms with van der Waals surface area (Å²) in [6, 6.07) is 16.4. The van der Waals surface area contributed by atoms with Gasteiger partial charge in [0.15, 0.2) is 0 Å². The van der Waals surface area contributed by atoms with Gasteiger partial charge in [-0.15, -0.1) is 0 Å². The number of aryl methyl sites for hydroxylation is 1. The molecule has 0 radical (unpaired) electrons. The van der Waals surface area contributed by atoms with E-state index in [2.05, 4.69) is 10.6 Å². The minimum absolute atomic E-state index is 0.304. The number of nitriles is 1. The smallest absolute Gasteiger partial charge is 0.313 e. The van der Waals surface area contributed by atoms with Gasteiger partial charge in [0, 0.05) is 17.6 Å². The normalized spacial score (nSPS) is 10.6. The fourth-order valence-electron chi connectivity index (χ4n) is 2.66. The zero-order valence-electron chi connectivity index (χ0n) is 14.6. The zero-order valence-corrected chi connectivity index (χ0v) is 14.6. The molecule has 2 aromatic carbocycles. The molecule has 2 amide bonds. The highest BCUT2D eigenvalue weighted by molar-refractivity contribution is 6.39. The molecule has 2 aromatic rings. The van der Waals surface area contributed by atoms with Crippen molar-refractivity contribution in [3.8, 4) is 6.07 Å². The number of hydrogen-bond acceptors (Lipinski definition) is 3. The Hall–Kier alpha value is -3.13. The topological polar surface area (TPSA) is 82.0 Å². The van der Waals surface area contributed by atoms with Gasteiger partial charge in [0.1, 0.15) is 0 Å². The fraction of sp³-hybridized carbons (Fsp3) is 0.250. The van der Waals surface area contributed by atoms with E-state index in [1.807, 2.05) is 51.1 Å². The average Bonchev–Trinajstić information content (AvgIpc) is 2.60. The monoisotopic (exact) mass is 335 g/mol. The molecule has 0 aliphatic heterocycles. The third kappa shape index (κ3) is 4.67. The maximum atomic E-state index is 12.1. The number of nitrogens with one attached hydrogen (secondary N) is 2. The van der Waals surface area contributed by atoms with Crippen molar-refractivity contribution in [3.05, 3.63) is 65.2 Å². The SMILES string of the molecule is Cc1ccccc1C(C)(C)CNC(=O)C(=O)Nc1cccc(C#N)c1. The molecule has 2 rings (SSSR count). The Morgan fingerprint density at radius 3 is 2.48 bits per heavy atom. The summed E-state index contributed by atoms with van der Waals surface area (Å²) in [5.74, 6) is -1.46. The minimum atomic E-state index is -0.754. The van der Waals surface area contributed by atoms with E-state index in [9.17, 15) is 9.59 Å². The van der Waals surface area contributed by atoms with Crippen molar-refractivity contribution < 1.29 is 9.59 Å². The molecule has 0 aromatic heterocycles. The van der Waals surface area contributed by atoms with Gasteiger partial charge in [-0.2, -0.15) is 5.26 Å². The number of benzene rings is 2. The van der Waals surface area contributed by atoms with Crippen molar-refractivity contribution >= 4 is 17.5 Å². The van der Waals surface area contributed by atoms with Crippen LogP contribution in [0.4, 0.5) is 5.69 Å². The Morgan fingerprint density at radius 2 is 1.80 bits per heavy atom. The second kappa shape index (κ2) is 7.63. The molecule has 25 heavy (non-hydrogen) atoms. The first-order valence-corrected chi connectivity index (χ1v) is 7.99. The predicted molar refractivity (Wildman–Crippen MR) is 97.0 cm³/mol. The van der Waals surface area contributed by atoms with E-state index in [4.69, 9.17) is 5.26 Å². The first-order chi connectivity index (χ1) is 11.8. The van der Waals surface area contributed by atoms with Crippen LogP contribution in [0.1, 0.15) is 30.5 Å². The van der Waals surface area contributed by atoms with Crippen LogP contribution in [0.15, 0.2) is 48.5 Å². The van der Waals surface area contributed by atoms with E-state index in [1.165, 1.54) is 6.07 Å². The lowest BCUT2D eigenvalue weighted by Crippen LogP contribution is -2.42. The van der Waals surface area contributed by atoms with E-state index < -0.39 is 11.8 Å². The predicted octanol–water partition coefficient (Wildman–Crippen LogP) is 2.90. The number of amides is 2. The summed E-state index contributed by atoms with van der Waals surface area (Å²) in [5, 5.41) is 14.1. The molecule has 0 fully saturated rings. The average molecular weight is 335 g/mol. The van der Waals surface area contributed by atoms with E-state index in [1.54, 1.807) is 18.2 Å². The Morgan fingerprint density at radius 1 is 1.08 bits per heavy atom. The largest absolute Gasteiger partial charge is 0.347 e. The minimum Gasteiger partial charge on any atom is -0.347 e. The highest BCUT2D eigenvalue weighted by Crippen LogP contribution is 2.25. The van der Waals surface area contributed by atoms with Gasteiger partial charge in [-0.25, -0.2) is 0 Å². The number of anilines is 1. The van der Waals surface area contributed by atoms with Crippen molar-refractivity contribution in [1.82, 2.24) is 5.32 Å². The Labute approximate surface area is 147 Å². The van der Waals surface area contributed by atoms with Gasteiger partial charge >= 0.3 is 11.8 Å². The number of carbonyl (C=O) groups excluding carboxylic acids is 2. The summed E-state index contributed by atoms with van der Waals surface area (Å²) in [7, 11) is 0. The van der Waals surface area contributed by atoms with Crippen LogP contribution in [-0.4, -0.2) is 18.4 Å². The molecule has 0 heterocycles. The second-order valence-electron chi connectivity index (χ2n) is 6.53. The molecule has 0 spiro atoms. The zero-order chi connectivity index (χ0) is 18.4. The van der Waals surface area contributed by atoms with Gasteiger partial charge in [-0.05, 0) is 36.2 Å². The molecule has 0 aliphatic carbocycles. The van der Waals surface area contributed by atoms with Crippen LogP contribution < -0.4 is 10.6 Å². The van der Waals surface area contributed by atoms with Gasteiger partial charge in [0.25, 0.3) is 0 Å². The number of rotatable bonds is 4. The molecular weight excluding hydrogens is 314 g/mol. The van der Waals surface area contributed by atoms with Gasteiger partial charge in [-0.1, -0.05) is 44.2 Å². The molecule has 0 bridgehead atoms. The van der Waals surface area contributed by atoms with Gasteiger partial charge in [-0.3, -0.25) is 9.59 Å². The molecule has 2 N–H and O–H groups in total. The quantitative estimate of drug-likeness (QED) is 0.843. The molecule has 5 heteroatoms. The summed E-state index contributed by atoms with van der Waals surface area (Å²) in [6.45, 7) is 6.39. The highest BCUT2D eigenvalue weighted by Gasteiger charge is 2.24. The number of nitrogens with zero attached hydrogens (tertiary/aromatic N) is 1. The van der Waals surface area contributed by atoms with Gasteiger partial charge in [0.2, 0.25) is 0 Å². The van der Waals surface area contributed by atoms with E-state index >= 15 is 0 Å². The molecule has 0 atom stereocenters. The summed E-state index contributed by atoms with van der Waals surface area (Å²) in [5.41, 5.74) is 2.79. The van der Waals surface area contributed by atoms with Crippen LogP contribution in [0.2, 0.25) is 0 Å². The Bertz CT molecular complexity index is 835. The molecule has 128 valence electrons. The van der Waals surface area contributed by atoms with Gasteiger partial charge in [0.05, 0.1) is 11.6 Å². The molecule has 0 aliphatic rings. The van der Waals surface area contributed by atoms with E-state index in [0.717, 1.165) is 11.1 Å². The van der Waals surface area contributed by atoms with E-state index in [0.29, 0.717) is 17.8 Å². The van der Waals surface area contributed by atoms with Crippen molar-refractivity contribution in [3.63, 3.8) is 0 Å². The second-order valence-corrected chi connectivity index (χ2v) is 6.53. The summed E-state index contributed by atoms with van der Waals surface area (Å²) >= 11 is 0. The van der Waals surface area contributed by atoms with Crippen LogP contribution in [0.25, 0.3) is 0 Å². The first kappa shape index (κ1) is 18.2. The molecule has 0 unspecified atom stereocenters. The molecular formula is C20H21N3O2. The lowest BCUT2D eigenvalue weighted by Gasteiger charge is -2.27. The Balaban J connectivity index is 1.98. The van der Waals surface area contributed by atoms with Crippen molar-refractivity contribution in [1.29, 1.82) is 5.26 Å². The standard InChI is InChI=1S/C20H21N3O2/c1-14-7-4-5-10-17(14)20(2,3)13-22-18(24)19(25)23-16-9-6-8-15(11-16)12-21/h4-11H,13H2,1-3H3,(H,22,24)(H,23,25). The maximum Gasteiger partial charge on any atom is 0.313 e. The van der Waals surface area contributed by atoms with Crippen molar-refractivity contribution in [2.24, 2.45) is 0 Å². The van der Waals surface area contributed by atoms with Crippen molar-refractivity contribution in [2.75, 3.05) is 11.9 Å². The summed E-state index contributed by atoms with van der Waals surface area (Å²) in [6.07, 6.45) is 0. The van der Waals surface area contributed by atoms with Crippen LogP contribution >= 0.6 is 0 Å². The summed E-state index contributed by atoms with van der Waals surface area (Å²) in [4.78, 5) is 24.1. The van der Waals surface area contributed by atoms with Gasteiger partial charge < -0.3 is 10.6 Å². The molecule has 5 nitrogen and oxygen atoms in total. The number of hydrogen-bond donors (Lipinski definition) is 2. The maximum absolute atomic E-state index is 12.1. The van der Waals surface area contributed by atoms with Crippen LogP contribution in [0.5, 0.6) is 0 Å². The fourth-order valence-corrected chi connectivity index (χ4v) is 2.66. The molecule has 0 saturated carbocycles.